The van der Waals surface area contributed by atoms with E-state index in [-0.39, 0.29) is 5.41 Å². The van der Waals surface area contributed by atoms with Gasteiger partial charge in [-0.15, -0.1) is 0 Å². The molecule has 5 fully saturated rings. The molecule has 2 N–H and O–H groups in total. The lowest BCUT2D eigenvalue weighted by Crippen LogP contribution is -2.40. The fourth-order valence-corrected chi connectivity index (χ4v) is 10.6. The van der Waals surface area contributed by atoms with Gasteiger partial charge in [-0.05, 0) is 134 Å². The molecule has 0 aromatic heterocycles. The number of phenolic OH excluding ortho intramolecular Hbond substituents is 2. The van der Waals surface area contributed by atoms with Crippen molar-refractivity contribution < 1.29 is 10.2 Å². The van der Waals surface area contributed by atoms with Gasteiger partial charge in [0.05, 0.1) is 0 Å². The number of aromatic hydroxyl groups is 2. The maximum atomic E-state index is 11.3. The molecule has 5 aliphatic rings. The first-order valence-corrected chi connectivity index (χ1v) is 16.2. The summed E-state index contributed by atoms with van der Waals surface area (Å²) >= 11 is 0. The predicted molar refractivity (Wildman–Crippen MR) is 155 cm³/mol. The Bertz CT molecular complexity index is 1120. The Morgan fingerprint density at radius 1 is 0.605 bits per heavy atom. The topological polar surface area (TPSA) is 40.5 Å². The molecule has 0 heterocycles. The van der Waals surface area contributed by atoms with Crippen LogP contribution in [0.3, 0.4) is 0 Å². The summed E-state index contributed by atoms with van der Waals surface area (Å²) in [5, 5.41) is 22.6. The lowest BCUT2D eigenvalue weighted by molar-refractivity contribution is 0.181. The molecule has 5 aliphatic carbocycles. The van der Waals surface area contributed by atoms with Gasteiger partial charge in [-0.3, -0.25) is 0 Å². The van der Waals surface area contributed by atoms with Gasteiger partial charge in [0.25, 0.3) is 0 Å². The Morgan fingerprint density at radius 3 is 1.63 bits per heavy atom. The number of hydrogen-bond donors (Lipinski definition) is 2. The van der Waals surface area contributed by atoms with E-state index in [1.165, 1.54) is 119 Å². The Hall–Kier alpha value is -1.96. The number of hydrogen-bond acceptors (Lipinski definition) is 2. The lowest BCUT2D eigenvalue weighted by atomic mass is 9.58. The molecule has 4 atom stereocenters. The first kappa shape index (κ1) is 25.0. The van der Waals surface area contributed by atoms with Gasteiger partial charge in [0.15, 0.2) is 0 Å². The molecular formula is C36H48O2. The molecule has 0 saturated heterocycles. The van der Waals surface area contributed by atoms with Crippen LogP contribution in [-0.4, -0.2) is 10.2 Å². The van der Waals surface area contributed by atoms with Gasteiger partial charge in [-0.25, -0.2) is 0 Å². The van der Waals surface area contributed by atoms with Gasteiger partial charge < -0.3 is 10.2 Å². The SMILES string of the molecule is Cc1cc(C2(c3cc(C)c(O)c(C4CCCCC4)c3)CC3CC2C2CCCC32)cc(C2CCCCC2)c1O. The van der Waals surface area contributed by atoms with Crippen LogP contribution in [0.2, 0.25) is 0 Å². The number of rotatable bonds is 4. The third kappa shape index (κ3) is 3.79. The van der Waals surface area contributed by atoms with Crippen molar-refractivity contribution in [3.05, 3.63) is 57.6 Å². The number of phenols is 2. The predicted octanol–water partition coefficient (Wildman–Crippen LogP) is 9.55. The molecule has 2 heteroatoms. The Morgan fingerprint density at radius 2 is 1.11 bits per heavy atom. The highest BCUT2D eigenvalue weighted by atomic mass is 16.3. The monoisotopic (exact) mass is 512 g/mol. The zero-order chi connectivity index (χ0) is 26.0. The highest BCUT2D eigenvalue weighted by Crippen LogP contribution is 2.68. The van der Waals surface area contributed by atoms with Crippen molar-refractivity contribution in [2.24, 2.45) is 23.7 Å². The first-order chi connectivity index (χ1) is 18.5. The normalized spacial score (nSPS) is 31.1. The summed E-state index contributed by atoms with van der Waals surface area (Å²) in [5.74, 6) is 5.39. The van der Waals surface area contributed by atoms with E-state index in [1.54, 1.807) is 0 Å². The van der Waals surface area contributed by atoms with Gasteiger partial charge >= 0.3 is 0 Å². The molecule has 0 aliphatic heterocycles. The van der Waals surface area contributed by atoms with Crippen molar-refractivity contribution >= 4 is 0 Å². The van der Waals surface area contributed by atoms with Crippen LogP contribution in [0, 0.1) is 37.5 Å². The molecular weight excluding hydrogens is 464 g/mol. The van der Waals surface area contributed by atoms with Crippen LogP contribution < -0.4 is 0 Å². The largest absolute Gasteiger partial charge is 0.507 e. The summed E-state index contributed by atoms with van der Waals surface area (Å²) in [6.45, 7) is 4.28. The van der Waals surface area contributed by atoms with Crippen molar-refractivity contribution in [3.63, 3.8) is 0 Å². The molecule has 38 heavy (non-hydrogen) atoms. The van der Waals surface area contributed by atoms with Gasteiger partial charge in [-0.1, -0.05) is 69.2 Å². The molecule has 4 unspecified atom stereocenters. The summed E-state index contributed by atoms with van der Waals surface area (Å²) in [6, 6.07) is 9.69. The molecule has 0 amide bonds. The highest BCUT2D eigenvalue weighted by Gasteiger charge is 2.62. The van der Waals surface area contributed by atoms with Crippen molar-refractivity contribution in [1.82, 2.24) is 0 Å². The number of aryl methyl sites for hydroxylation is 2. The molecule has 5 saturated carbocycles. The van der Waals surface area contributed by atoms with E-state index in [0.717, 1.165) is 28.9 Å². The third-order valence-corrected chi connectivity index (χ3v) is 12.3. The minimum atomic E-state index is 0.0138. The molecule has 2 aromatic rings. The van der Waals surface area contributed by atoms with Crippen molar-refractivity contribution in [1.29, 1.82) is 0 Å². The Kier molecular flexibility index (Phi) is 6.32. The summed E-state index contributed by atoms with van der Waals surface area (Å²) in [6.07, 6.45) is 19.5. The third-order valence-electron chi connectivity index (χ3n) is 12.3. The second-order valence-electron chi connectivity index (χ2n) is 14.2. The Labute approximate surface area is 230 Å². The zero-order valence-corrected chi connectivity index (χ0v) is 23.8. The minimum Gasteiger partial charge on any atom is -0.507 e. The second-order valence-corrected chi connectivity index (χ2v) is 14.2. The van der Waals surface area contributed by atoms with Gasteiger partial charge in [0.2, 0.25) is 0 Å². The van der Waals surface area contributed by atoms with Gasteiger partial charge in [0.1, 0.15) is 11.5 Å². The van der Waals surface area contributed by atoms with E-state index >= 15 is 0 Å². The van der Waals surface area contributed by atoms with Gasteiger partial charge in [0, 0.05) is 5.41 Å². The summed E-state index contributed by atoms with van der Waals surface area (Å²) in [5.41, 5.74) is 7.56. The van der Waals surface area contributed by atoms with Crippen LogP contribution in [0.25, 0.3) is 0 Å². The van der Waals surface area contributed by atoms with Crippen LogP contribution in [0.15, 0.2) is 24.3 Å². The minimum absolute atomic E-state index is 0.0138. The zero-order valence-electron chi connectivity index (χ0n) is 23.8. The van der Waals surface area contributed by atoms with E-state index in [4.69, 9.17) is 0 Å². The van der Waals surface area contributed by atoms with Crippen LogP contribution >= 0.6 is 0 Å². The maximum Gasteiger partial charge on any atom is 0.121 e. The molecule has 0 radical (unpaired) electrons. The smallest absolute Gasteiger partial charge is 0.121 e. The van der Waals surface area contributed by atoms with Crippen LogP contribution in [0.4, 0.5) is 0 Å². The lowest BCUT2D eigenvalue weighted by Gasteiger charge is -2.45. The molecule has 0 spiro atoms. The second kappa shape index (κ2) is 9.60. The van der Waals surface area contributed by atoms with E-state index in [2.05, 4.69) is 38.1 Å². The first-order valence-electron chi connectivity index (χ1n) is 16.2. The molecule has 2 nitrogen and oxygen atoms in total. The Balaban J connectivity index is 1.41. The van der Waals surface area contributed by atoms with E-state index in [9.17, 15) is 10.2 Å². The van der Waals surface area contributed by atoms with Crippen molar-refractivity contribution in [3.8, 4) is 11.5 Å². The fraction of sp³-hybridized carbons (Fsp3) is 0.667. The molecule has 204 valence electrons. The number of fused-ring (bicyclic) bond motifs is 5. The quantitative estimate of drug-likeness (QED) is 0.428. The molecule has 2 bridgehead atoms. The standard InChI is InChI=1S/C36H48O2/c1-22-16-27(19-31(34(22)37)24-10-5-3-6-11-24)36(21-26-18-33(36)30-15-9-14-29(26)30)28-17-23(2)35(38)32(20-28)25-12-7-4-8-13-25/h16-17,19-20,24-26,29-30,33,37-38H,3-15,18,21H2,1-2H3. The fourth-order valence-electron chi connectivity index (χ4n) is 10.6. The summed E-state index contributed by atoms with van der Waals surface area (Å²) in [7, 11) is 0. The van der Waals surface area contributed by atoms with Crippen molar-refractivity contribution in [2.75, 3.05) is 0 Å². The highest BCUT2D eigenvalue weighted by molar-refractivity contribution is 5.56. The van der Waals surface area contributed by atoms with E-state index in [0.29, 0.717) is 29.3 Å². The average molecular weight is 513 g/mol. The van der Waals surface area contributed by atoms with Crippen LogP contribution in [0.1, 0.15) is 142 Å². The molecule has 2 aromatic carbocycles. The van der Waals surface area contributed by atoms with E-state index in [1.807, 2.05) is 0 Å². The van der Waals surface area contributed by atoms with Gasteiger partial charge in [-0.2, -0.15) is 0 Å². The van der Waals surface area contributed by atoms with E-state index < -0.39 is 0 Å². The maximum absolute atomic E-state index is 11.3. The van der Waals surface area contributed by atoms with Crippen molar-refractivity contribution in [2.45, 2.75) is 127 Å². The van der Waals surface area contributed by atoms with Crippen LogP contribution in [0.5, 0.6) is 11.5 Å². The van der Waals surface area contributed by atoms with Crippen LogP contribution in [-0.2, 0) is 5.41 Å². The summed E-state index contributed by atoms with van der Waals surface area (Å²) in [4.78, 5) is 0. The average Bonchev–Trinajstić information content (AvgIpc) is 3.66. The molecule has 7 rings (SSSR count). The summed E-state index contributed by atoms with van der Waals surface area (Å²) < 4.78 is 0. The number of benzene rings is 2.